The van der Waals surface area contributed by atoms with E-state index in [-0.39, 0.29) is 30.3 Å². The Morgan fingerprint density at radius 3 is 2.21 bits per heavy atom. The van der Waals surface area contributed by atoms with Crippen LogP contribution in [0.3, 0.4) is 0 Å². The fraction of sp³-hybridized carbons (Fsp3) is 0.591. The second-order valence-corrected chi connectivity index (χ2v) is 8.61. The molecule has 1 aromatic rings. The van der Waals surface area contributed by atoms with E-state index in [0.717, 1.165) is 56.9 Å². The van der Waals surface area contributed by atoms with Crippen LogP contribution in [0.5, 0.6) is 0 Å². The van der Waals surface area contributed by atoms with Gasteiger partial charge in [0.2, 0.25) is 5.91 Å². The number of carbonyl (C=O) groups excluding carboxylic acids is 2. The fourth-order valence-corrected chi connectivity index (χ4v) is 4.43. The van der Waals surface area contributed by atoms with Gasteiger partial charge in [0.05, 0.1) is 13.5 Å². The van der Waals surface area contributed by atoms with E-state index in [1.165, 1.54) is 12.7 Å². The summed E-state index contributed by atoms with van der Waals surface area (Å²) in [5, 5.41) is 7.88. The van der Waals surface area contributed by atoms with E-state index >= 15 is 0 Å². The third-order valence-electron chi connectivity index (χ3n) is 5.95. The van der Waals surface area contributed by atoms with Gasteiger partial charge < -0.3 is 14.7 Å². The number of nitrogens with zero attached hydrogens (tertiary/aromatic N) is 2. The van der Waals surface area contributed by atoms with E-state index in [9.17, 15) is 22.8 Å². The van der Waals surface area contributed by atoms with Crippen LogP contribution in [0.25, 0.3) is 0 Å². The number of carboxylic acid groups (broad SMARTS) is 1. The molecular formula is C22H28ClF3N2O5. The Morgan fingerprint density at radius 1 is 1.09 bits per heavy atom. The lowest BCUT2D eigenvalue weighted by Crippen LogP contribution is -2.56. The maximum atomic E-state index is 12.5. The topological polar surface area (TPSA) is 87.2 Å². The second kappa shape index (κ2) is 11.7. The van der Waals surface area contributed by atoms with Gasteiger partial charge in [-0.15, -0.1) is 0 Å². The van der Waals surface area contributed by atoms with E-state index < -0.39 is 12.1 Å². The third kappa shape index (κ3) is 7.89. The molecule has 1 atom stereocenters. The van der Waals surface area contributed by atoms with Crippen molar-refractivity contribution in [2.24, 2.45) is 0 Å². The monoisotopic (exact) mass is 492 g/mol. The molecule has 184 valence electrons. The molecule has 1 aromatic carbocycles. The van der Waals surface area contributed by atoms with Crippen molar-refractivity contribution in [3.63, 3.8) is 0 Å². The second-order valence-electron chi connectivity index (χ2n) is 8.17. The maximum Gasteiger partial charge on any atom is 0.490 e. The predicted molar refractivity (Wildman–Crippen MR) is 115 cm³/mol. The molecule has 2 fully saturated rings. The molecular weight excluding hydrogens is 465 g/mol. The van der Waals surface area contributed by atoms with Gasteiger partial charge in [0.15, 0.2) is 0 Å². The molecule has 0 saturated carbocycles. The first kappa shape index (κ1) is 26.9. The molecule has 11 heteroatoms. The van der Waals surface area contributed by atoms with Crippen LogP contribution in [0.2, 0.25) is 5.02 Å². The third-order valence-corrected chi connectivity index (χ3v) is 6.20. The molecule has 0 bridgehead atoms. The summed E-state index contributed by atoms with van der Waals surface area (Å²) in [5.41, 5.74) is 1.32. The van der Waals surface area contributed by atoms with Crippen molar-refractivity contribution >= 4 is 29.4 Å². The van der Waals surface area contributed by atoms with Crippen LogP contribution >= 0.6 is 11.6 Å². The van der Waals surface area contributed by atoms with Gasteiger partial charge in [0.25, 0.3) is 0 Å². The molecule has 1 spiro atoms. The number of methoxy groups -OCH3 is 1. The first-order valence-electron chi connectivity index (χ1n) is 10.6. The van der Waals surface area contributed by atoms with Crippen molar-refractivity contribution in [2.45, 2.75) is 56.8 Å². The average Bonchev–Trinajstić information content (AvgIpc) is 3.14. The van der Waals surface area contributed by atoms with Gasteiger partial charge in [0.1, 0.15) is 0 Å². The van der Waals surface area contributed by atoms with Gasteiger partial charge in [-0.25, -0.2) is 4.79 Å². The predicted octanol–water partition coefficient (Wildman–Crippen LogP) is 3.88. The largest absolute Gasteiger partial charge is 0.490 e. The van der Waals surface area contributed by atoms with E-state index in [1.54, 1.807) is 0 Å². The van der Waals surface area contributed by atoms with Crippen LogP contribution in [-0.4, -0.2) is 71.2 Å². The Kier molecular flexibility index (Phi) is 9.54. The van der Waals surface area contributed by atoms with Crippen molar-refractivity contribution in [3.05, 3.63) is 34.9 Å². The number of carbonyl (C=O) groups is 3. The highest BCUT2D eigenvalue weighted by Gasteiger charge is 2.44. The molecule has 0 radical (unpaired) electrons. The van der Waals surface area contributed by atoms with Crippen molar-refractivity contribution in [1.82, 2.24) is 9.80 Å². The van der Waals surface area contributed by atoms with Crippen LogP contribution in [-0.2, 0) is 25.7 Å². The number of rotatable bonds is 5. The van der Waals surface area contributed by atoms with Crippen LogP contribution < -0.4 is 0 Å². The Labute approximate surface area is 195 Å². The van der Waals surface area contributed by atoms with Crippen molar-refractivity contribution < 1.29 is 37.4 Å². The van der Waals surface area contributed by atoms with Gasteiger partial charge in [-0.2, -0.15) is 13.2 Å². The highest BCUT2D eigenvalue weighted by Crippen LogP contribution is 2.38. The molecule has 1 N–H and O–H groups in total. The Bertz CT molecular complexity index is 834. The van der Waals surface area contributed by atoms with Crippen molar-refractivity contribution in [3.8, 4) is 0 Å². The lowest BCUT2D eigenvalue weighted by molar-refractivity contribution is -0.192. The molecule has 1 amide bonds. The quantitative estimate of drug-likeness (QED) is 0.628. The Balaban J connectivity index is 0.000000479. The summed E-state index contributed by atoms with van der Waals surface area (Å²) in [6.07, 6.45) is -0.255. The normalized spacial score (nSPS) is 20.8. The number of ether oxygens (including phenoxy) is 1. The van der Waals surface area contributed by atoms with Crippen LogP contribution in [0.15, 0.2) is 24.3 Å². The SMILES string of the molecule is COC(=O)CCC(=O)N1CCCC2(CCCN2Cc2ccc(Cl)cc2)C1.O=C(O)C(F)(F)F. The first-order chi connectivity index (χ1) is 15.5. The van der Waals surface area contributed by atoms with Gasteiger partial charge >= 0.3 is 18.1 Å². The highest BCUT2D eigenvalue weighted by molar-refractivity contribution is 6.30. The lowest BCUT2D eigenvalue weighted by Gasteiger charge is -2.46. The standard InChI is InChI=1S/C20H27ClN2O3.C2HF3O2/c1-26-19(25)9-8-18(24)22-12-2-10-20(15-22)11-3-13-23(20)14-16-4-6-17(21)7-5-16;3-2(4,5)1(6)7/h4-7H,2-3,8-15H2,1H3;(H,6,7). The minimum absolute atomic E-state index is 0.0628. The van der Waals surface area contributed by atoms with Gasteiger partial charge in [-0.1, -0.05) is 23.7 Å². The Hall–Kier alpha value is -2.33. The van der Waals surface area contributed by atoms with Gasteiger partial charge in [-0.05, 0) is 49.9 Å². The van der Waals surface area contributed by atoms with E-state index in [4.69, 9.17) is 21.5 Å². The van der Waals surface area contributed by atoms with Crippen LogP contribution in [0.1, 0.15) is 44.1 Å². The number of amides is 1. The first-order valence-corrected chi connectivity index (χ1v) is 11.0. The molecule has 2 saturated heterocycles. The van der Waals surface area contributed by atoms with E-state index in [1.807, 2.05) is 17.0 Å². The average molecular weight is 493 g/mol. The number of aliphatic carboxylic acids is 1. The number of hydrogen-bond donors (Lipinski definition) is 1. The number of piperidine rings is 1. The van der Waals surface area contributed by atoms with Crippen LogP contribution in [0, 0.1) is 0 Å². The minimum Gasteiger partial charge on any atom is -0.475 e. The number of likely N-dealkylation sites (tertiary alicyclic amines) is 2. The summed E-state index contributed by atoms with van der Waals surface area (Å²) in [7, 11) is 1.36. The van der Waals surface area contributed by atoms with Crippen molar-refractivity contribution in [2.75, 3.05) is 26.7 Å². The summed E-state index contributed by atoms with van der Waals surface area (Å²) in [6.45, 7) is 3.51. The minimum atomic E-state index is -5.08. The van der Waals surface area contributed by atoms with Crippen molar-refractivity contribution in [1.29, 1.82) is 0 Å². The molecule has 7 nitrogen and oxygen atoms in total. The molecule has 3 rings (SSSR count). The number of hydrogen-bond acceptors (Lipinski definition) is 5. The molecule has 2 aliphatic heterocycles. The molecule has 0 aromatic heterocycles. The number of halogens is 4. The molecule has 2 aliphatic rings. The number of esters is 1. The molecule has 1 unspecified atom stereocenters. The number of alkyl halides is 3. The summed E-state index contributed by atoms with van der Waals surface area (Å²) in [5.74, 6) is -3.02. The van der Waals surface area contributed by atoms with E-state index in [2.05, 4.69) is 21.8 Å². The molecule has 2 heterocycles. The van der Waals surface area contributed by atoms with E-state index in [0.29, 0.717) is 0 Å². The molecule has 0 aliphatic carbocycles. The zero-order valence-corrected chi connectivity index (χ0v) is 19.1. The van der Waals surface area contributed by atoms with Gasteiger partial charge in [0, 0.05) is 36.6 Å². The van der Waals surface area contributed by atoms with Gasteiger partial charge in [-0.3, -0.25) is 14.5 Å². The summed E-state index contributed by atoms with van der Waals surface area (Å²) >= 11 is 6.00. The smallest absolute Gasteiger partial charge is 0.475 e. The number of carboxylic acids is 1. The Morgan fingerprint density at radius 2 is 1.67 bits per heavy atom. The van der Waals surface area contributed by atoms with Crippen LogP contribution in [0.4, 0.5) is 13.2 Å². The summed E-state index contributed by atoms with van der Waals surface area (Å²) in [6, 6.07) is 8.03. The highest BCUT2D eigenvalue weighted by atomic mass is 35.5. The fourth-order valence-electron chi connectivity index (χ4n) is 4.31. The molecule has 33 heavy (non-hydrogen) atoms. The maximum absolute atomic E-state index is 12.5. The zero-order chi connectivity index (χ0) is 24.6. The summed E-state index contributed by atoms with van der Waals surface area (Å²) in [4.78, 5) is 37.2. The summed E-state index contributed by atoms with van der Waals surface area (Å²) < 4.78 is 36.4. The zero-order valence-electron chi connectivity index (χ0n) is 18.4. The lowest BCUT2D eigenvalue weighted by atomic mass is 9.86. The number of benzene rings is 1.